The average Bonchev–Trinajstić information content (AvgIpc) is 2.37. The highest BCUT2D eigenvalue weighted by atomic mass is 35.5. The molecule has 0 radical (unpaired) electrons. The van der Waals surface area contributed by atoms with Crippen LogP contribution in [0.25, 0.3) is 0 Å². The molecule has 0 unspecified atom stereocenters. The number of halogens is 3. The van der Waals surface area contributed by atoms with Crippen molar-refractivity contribution >= 4 is 23.2 Å². The average molecular weight is 293 g/mol. The van der Waals surface area contributed by atoms with E-state index in [2.05, 4.69) is 5.32 Å². The predicted molar refractivity (Wildman–Crippen MR) is 70.5 cm³/mol. The third kappa shape index (κ3) is 3.11. The molecule has 3 nitrogen and oxygen atoms in total. The minimum absolute atomic E-state index is 0.150. The van der Waals surface area contributed by atoms with Crippen LogP contribution in [0.15, 0.2) is 36.4 Å². The van der Waals surface area contributed by atoms with Gasteiger partial charge in [-0.2, -0.15) is 5.26 Å². The minimum Gasteiger partial charge on any atom is -0.322 e. The maximum Gasteiger partial charge on any atom is 0.255 e. The molecule has 20 heavy (non-hydrogen) atoms. The number of nitrogens with one attached hydrogen (secondary N) is 1. The van der Waals surface area contributed by atoms with Crippen molar-refractivity contribution in [3.05, 3.63) is 64.2 Å². The van der Waals surface area contributed by atoms with Crippen LogP contribution in [-0.4, -0.2) is 5.91 Å². The normalized spacial score (nSPS) is 9.90. The topological polar surface area (TPSA) is 52.9 Å². The van der Waals surface area contributed by atoms with Gasteiger partial charge in [0.05, 0.1) is 10.6 Å². The lowest BCUT2D eigenvalue weighted by atomic mass is 10.2. The van der Waals surface area contributed by atoms with Crippen LogP contribution in [0.1, 0.15) is 15.9 Å². The maximum absolute atomic E-state index is 13.0. The Kier molecular flexibility index (Phi) is 3.97. The Morgan fingerprint density at radius 1 is 1.15 bits per heavy atom. The van der Waals surface area contributed by atoms with E-state index in [0.717, 1.165) is 12.1 Å². The molecule has 0 saturated heterocycles. The van der Waals surface area contributed by atoms with Gasteiger partial charge in [0.1, 0.15) is 17.7 Å². The number of carbonyl (C=O) groups excluding carboxylic acids is 1. The lowest BCUT2D eigenvalue weighted by Gasteiger charge is -2.06. The zero-order valence-corrected chi connectivity index (χ0v) is 10.7. The Balaban J connectivity index is 2.23. The van der Waals surface area contributed by atoms with Crippen molar-refractivity contribution in [1.29, 1.82) is 5.26 Å². The van der Waals surface area contributed by atoms with E-state index in [9.17, 15) is 13.6 Å². The molecule has 100 valence electrons. The largest absolute Gasteiger partial charge is 0.322 e. The molecule has 0 spiro atoms. The van der Waals surface area contributed by atoms with Crippen LogP contribution in [0, 0.1) is 23.0 Å². The second-order valence-corrected chi connectivity index (χ2v) is 4.33. The maximum atomic E-state index is 13.0. The van der Waals surface area contributed by atoms with Crippen LogP contribution in [0.3, 0.4) is 0 Å². The molecule has 2 rings (SSSR count). The van der Waals surface area contributed by atoms with Gasteiger partial charge in [0.2, 0.25) is 0 Å². The number of hydrogen-bond acceptors (Lipinski definition) is 2. The molecule has 1 N–H and O–H groups in total. The third-order valence-corrected chi connectivity index (χ3v) is 2.78. The summed E-state index contributed by atoms with van der Waals surface area (Å²) in [5.41, 5.74) is 0.438. The number of hydrogen-bond donors (Lipinski definition) is 1. The minimum atomic E-state index is -0.840. The van der Waals surface area contributed by atoms with Crippen molar-refractivity contribution in [2.24, 2.45) is 0 Å². The fourth-order valence-corrected chi connectivity index (χ4v) is 1.79. The molecular formula is C14H7ClF2N2O. The van der Waals surface area contributed by atoms with E-state index in [4.69, 9.17) is 16.9 Å². The third-order valence-electron chi connectivity index (χ3n) is 2.47. The molecule has 0 bridgehead atoms. The molecule has 0 aliphatic heterocycles. The number of benzene rings is 2. The lowest BCUT2D eigenvalue weighted by Crippen LogP contribution is -2.12. The molecule has 0 aliphatic rings. The first-order valence-corrected chi connectivity index (χ1v) is 5.84. The number of carbonyl (C=O) groups is 1. The van der Waals surface area contributed by atoms with Gasteiger partial charge in [-0.1, -0.05) is 11.6 Å². The molecule has 2 aromatic rings. The van der Waals surface area contributed by atoms with Crippen LogP contribution in [0.4, 0.5) is 14.5 Å². The first kappa shape index (κ1) is 14.0. The first-order chi connectivity index (χ1) is 9.49. The van der Waals surface area contributed by atoms with Crippen LogP contribution in [0.2, 0.25) is 5.02 Å². The van der Waals surface area contributed by atoms with E-state index in [0.29, 0.717) is 11.8 Å². The summed E-state index contributed by atoms with van der Waals surface area (Å²) in [4.78, 5) is 11.8. The standard InChI is InChI=1S/C14H7ClF2N2O/c15-13-6-12(2-1-8(13)7-18)19-14(20)9-3-10(16)5-11(17)4-9/h1-6H,(H,19,20). The highest BCUT2D eigenvalue weighted by Gasteiger charge is 2.10. The Hall–Kier alpha value is -2.45. The number of nitriles is 1. The number of anilines is 1. The van der Waals surface area contributed by atoms with Gasteiger partial charge in [-0.3, -0.25) is 4.79 Å². The van der Waals surface area contributed by atoms with E-state index in [1.807, 2.05) is 6.07 Å². The molecule has 0 atom stereocenters. The fourth-order valence-electron chi connectivity index (χ4n) is 1.57. The monoisotopic (exact) mass is 292 g/mol. The van der Waals surface area contributed by atoms with Crippen molar-refractivity contribution in [2.45, 2.75) is 0 Å². The van der Waals surface area contributed by atoms with Crippen LogP contribution in [-0.2, 0) is 0 Å². The van der Waals surface area contributed by atoms with E-state index >= 15 is 0 Å². The van der Waals surface area contributed by atoms with Gasteiger partial charge >= 0.3 is 0 Å². The fraction of sp³-hybridized carbons (Fsp3) is 0. The van der Waals surface area contributed by atoms with Gasteiger partial charge < -0.3 is 5.32 Å². The summed E-state index contributed by atoms with van der Waals surface area (Å²) in [6.07, 6.45) is 0. The number of amides is 1. The van der Waals surface area contributed by atoms with E-state index in [-0.39, 0.29) is 16.1 Å². The summed E-state index contributed by atoms with van der Waals surface area (Å²) in [6, 6.07) is 8.68. The van der Waals surface area contributed by atoms with Gasteiger partial charge in [-0.05, 0) is 30.3 Å². The van der Waals surface area contributed by atoms with Crippen LogP contribution >= 0.6 is 11.6 Å². The summed E-state index contributed by atoms with van der Waals surface area (Å²) >= 11 is 5.82. The molecular weight excluding hydrogens is 286 g/mol. The van der Waals surface area contributed by atoms with E-state index in [1.165, 1.54) is 18.2 Å². The molecule has 0 aliphatic carbocycles. The molecule has 0 heterocycles. The highest BCUT2D eigenvalue weighted by Crippen LogP contribution is 2.21. The quantitative estimate of drug-likeness (QED) is 0.916. The Morgan fingerprint density at radius 2 is 1.80 bits per heavy atom. The summed E-state index contributed by atoms with van der Waals surface area (Å²) in [5.74, 6) is -2.36. The van der Waals surface area contributed by atoms with Crippen molar-refractivity contribution in [2.75, 3.05) is 5.32 Å². The summed E-state index contributed by atoms with van der Waals surface area (Å²) < 4.78 is 26.0. The zero-order valence-electron chi connectivity index (χ0n) is 9.95. The molecule has 0 aromatic heterocycles. The lowest BCUT2D eigenvalue weighted by molar-refractivity contribution is 0.102. The SMILES string of the molecule is N#Cc1ccc(NC(=O)c2cc(F)cc(F)c2)cc1Cl. The van der Waals surface area contributed by atoms with Crippen molar-refractivity contribution in [1.82, 2.24) is 0 Å². The van der Waals surface area contributed by atoms with Crippen molar-refractivity contribution in [3.63, 3.8) is 0 Å². The van der Waals surface area contributed by atoms with E-state index < -0.39 is 17.5 Å². The Labute approximate surface area is 118 Å². The van der Waals surface area contributed by atoms with Crippen molar-refractivity contribution in [3.8, 4) is 6.07 Å². The second kappa shape index (κ2) is 5.68. The van der Waals surface area contributed by atoms with Crippen LogP contribution in [0.5, 0.6) is 0 Å². The molecule has 0 fully saturated rings. The van der Waals surface area contributed by atoms with Gasteiger partial charge in [0.25, 0.3) is 5.91 Å². The highest BCUT2D eigenvalue weighted by molar-refractivity contribution is 6.32. The van der Waals surface area contributed by atoms with Crippen molar-refractivity contribution < 1.29 is 13.6 Å². The summed E-state index contributed by atoms with van der Waals surface area (Å²) in [7, 11) is 0. The Bertz CT molecular complexity index is 705. The smallest absolute Gasteiger partial charge is 0.255 e. The summed E-state index contributed by atoms with van der Waals surface area (Å²) in [6.45, 7) is 0. The molecule has 6 heteroatoms. The first-order valence-electron chi connectivity index (χ1n) is 5.46. The second-order valence-electron chi connectivity index (χ2n) is 3.92. The number of nitrogens with zero attached hydrogens (tertiary/aromatic N) is 1. The number of rotatable bonds is 2. The van der Waals surface area contributed by atoms with Gasteiger partial charge in [-0.25, -0.2) is 8.78 Å². The molecule has 1 amide bonds. The molecule has 0 saturated carbocycles. The zero-order chi connectivity index (χ0) is 14.7. The van der Waals surface area contributed by atoms with Crippen LogP contribution < -0.4 is 5.32 Å². The van der Waals surface area contributed by atoms with Gasteiger partial charge in [-0.15, -0.1) is 0 Å². The van der Waals surface area contributed by atoms with Gasteiger partial charge in [0, 0.05) is 17.3 Å². The summed E-state index contributed by atoms with van der Waals surface area (Å²) in [5, 5.41) is 11.3. The van der Waals surface area contributed by atoms with E-state index in [1.54, 1.807) is 0 Å². The molecule has 2 aromatic carbocycles. The predicted octanol–water partition coefficient (Wildman–Crippen LogP) is 3.74. The van der Waals surface area contributed by atoms with Gasteiger partial charge in [0.15, 0.2) is 0 Å². The Morgan fingerprint density at radius 3 is 2.35 bits per heavy atom.